The molecule has 0 saturated heterocycles. The number of carbonyl (C=O) groups is 1. The lowest BCUT2D eigenvalue weighted by molar-refractivity contribution is 0.108. The summed E-state index contributed by atoms with van der Waals surface area (Å²) >= 11 is 12.1. The molecule has 3 aromatic carbocycles. The Kier molecular flexibility index (Phi) is 6.58. The number of hydrogen-bond acceptors (Lipinski definition) is 5. The molecule has 0 aliphatic carbocycles. The van der Waals surface area contributed by atoms with Gasteiger partial charge >= 0.3 is 0 Å². The van der Waals surface area contributed by atoms with E-state index >= 15 is 0 Å². The summed E-state index contributed by atoms with van der Waals surface area (Å²) in [4.78, 5) is 17.7. The molecular weight excluding hydrogens is 500 g/mol. The van der Waals surface area contributed by atoms with Gasteiger partial charge in [-0.3, -0.25) is 4.79 Å². The van der Waals surface area contributed by atoms with Gasteiger partial charge in [0.1, 0.15) is 15.0 Å². The molecule has 1 aromatic heterocycles. The summed E-state index contributed by atoms with van der Waals surface area (Å²) in [7, 11) is 0. The maximum atomic E-state index is 13.0. The smallest absolute Gasteiger partial charge is 0.225 e. The van der Waals surface area contributed by atoms with Crippen LogP contribution in [-0.4, -0.2) is 10.1 Å². The first kappa shape index (κ1) is 21.1. The fourth-order valence-corrected chi connectivity index (χ4v) is 5.16. The summed E-state index contributed by atoms with van der Waals surface area (Å²) in [5.74, 6) is 0. The number of benzene rings is 3. The van der Waals surface area contributed by atoms with Crippen LogP contribution in [0, 0.1) is 6.92 Å². The largest absolute Gasteiger partial charge is 0.345 e. The van der Waals surface area contributed by atoms with Gasteiger partial charge in [-0.1, -0.05) is 75.3 Å². The Hall–Kier alpha value is -2.12. The third-order valence-electron chi connectivity index (χ3n) is 4.34. The first-order valence-electron chi connectivity index (χ1n) is 9.07. The van der Waals surface area contributed by atoms with E-state index in [0.29, 0.717) is 15.6 Å². The molecule has 4 rings (SSSR count). The maximum Gasteiger partial charge on any atom is 0.225 e. The molecule has 1 heterocycles. The highest BCUT2D eigenvalue weighted by Gasteiger charge is 2.19. The molecule has 0 unspecified atom stereocenters. The minimum Gasteiger partial charge on any atom is -0.345 e. The Morgan fingerprint density at radius 3 is 2.43 bits per heavy atom. The van der Waals surface area contributed by atoms with E-state index in [9.17, 15) is 4.79 Å². The van der Waals surface area contributed by atoms with Gasteiger partial charge in [0.2, 0.25) is 5.12 Å². The number of rotatable bonds is 5. The van der Waals surface area contributed by atoms with E-state index < -0.39 is 0 Å². The van der Waals surface area contributed by atoms with Gasteiger partial charge in [-0.25, -0.2) is 4.98 Å². The molecule has 0 radical (unpaired) electrons. The maximum absolute atomic E-state index is 13.0. The van der Waals surface area contributed by atoms with E-state index in [1.807, 2.05) is 79.7 Å². The van der Waals surface area contributed by atoms with Gasteiger partial charge in [0.25, 0.3) is 0 Å². The van der Waals surface area contributed by atoms with Crippen LogP contribution in [0.5, 0.6) is 0 Å². The van der Waals surface area contributed by atoms with Crippen molar-refractivity contribution in [1.29, 1.82) is 0 Å². The molecular formula is C23H16BrClN2OS2. The second-order valence-electron chi connectivity index (χ2n) is 6.50. The number of halogens is 2. The van der Waals surface area contributed by atoms with Crippen LogP contribution in [0.2, 0.25) is 5.02 Å². The summed E-state index contributed by atoms with van der Waals surface area (Å²) in [6.07, 6.45) is 0. The van der Waals surface area contributed by atoms with Gasteiger partial charge in [0.15, 0.2) is 0 Å². The molecule has 3 nitrogen and oxygen atoms in total. The molecule has 0 bridgehead atoms. The molecule has 0 atom stereocenters. The minimum absolute atomic E-state index is 0.0279. The summed E-state index contributed by atoms with van der Waals surface area (Å²) in [5.41, 5.74) is 3.52. The quantitative estimate of drug-likeness (QED) is 0.272. The highest BCUT2D eigenvalue weighted by molar-refractivity contribution is 9.10. The molecule has 1 N–H and O–H groups in total. The lowest BCUT2D eigenvalue weighted by Crippen LogP contribution is -1.98. The van der Waals surface area contributed by atoms with Crippen LogP contribution in [0.1, 0.15) is 15.9 Å². The standard InChI is InChI=1S/C23H16BrClN2OS2/c1-14-4-2-3-5-19(14)23(28)30-22-21(26-18-12-8-16(24)9-13-18)29-20(27-22)15-6-10-17(25)11-7-15/h2-13,26H,1H3. The van der Waals surface area contributed by atoms with Crippen LogP contribution in [0.4, 0.5) is 10.7 Å². The summed E-state index contributed by atoms with van der Waals surface area (Å²) in [5, 5.41) is 6.36. The van der Waals surface area contributed by atoms with Gasteiger partial charge in [0.05, 0.1) is 0 Å². The molecule has 30 heavy (non-hydrogen) atoms. The van der Waals surface area contributed by atoms with E-state index in [0.717, 1.165) is 43.1 Å². The first-order chi connectivity index (χ1) is 14.5. The normalized spacial score (nSPS) is 10.8. The lowest BCUT2D eigenvalue weighted by atomic mass is 10.1. The fourth-order valence-electron chi connectivity index (χ4n) is 2.78. The van der Waals surface area contributed by atoms with Crippen LogP contribution in [0.15, 0.2) is 82.3 Å². The van der Waals surface area contributed by atoms with Gasteiger partial charge < -0.3 is 5.32 Å². The number of aryl methyl sites for hydroxylation is 1. The van der Waals surface area contributed by atoms with Gasteiger partial charge in [-0.2, -0.15) is 0 Å². The second kappa shape index (κ2) is 9.35. The van der Waals surface area contributed by atoms with Crippen LogP contribution < -0.4 is 5.32 Å². The lowest BCUT2D eigenvalue weighted by Gasteiger charge is -2.07. The zero-order valence-electron chi connectivity index (χ0n) is 15.9. The number of hydrogen-bond donors (Lipinski definition) is 1. The average Bonchev–Trinajstić information content (AvgIpc) is 3.12. The molecule has 0 saturated carbocycles. The average molecular weight is 516 g/mol. The van der Waals surface area contributed by atoms with Crippen molar-refractivity contribution in [2.45, 2.75) is 11.9 Å². The van der Waals surface area contributed by atoms with Crippen molar-refractivity contribution in [2.24, 2.45) is 0 Å². The highest BCUT2D eigenvalue weighted by Crippen LogP contribution is 2.40. The number of thiazole rings is 1. The van der Waals surface area contributed by atoms with E-state index in [4.69, 9.17) is 16.6 Å². The monoisotopic (exact) mass is 514 g/mol. The highest BCUT2D eigenvalue weighted by atomic mass is 79.9. The minimum atomic E-state index is -0.0279. The number of anilines is 2. The Morgan fingerprint density at radius 2 is 1.73 bits per heavy atom. The predicted octanol–water partition coefficient (Wildman–Crippen LogP) is 8.21. The molecule has 0 aliphatic heterocycles. The Morgan fingerprint density at radius 1 is 1.03 bits per heavy atom. The summed E-state index contributed by atoms with van der Waals surface area (Å²) < 4.78 is 1.00. The molecule has 4 aromatic rings. The van der Waals surface area contributed by atoms with E-state index in [1.54, 1.807) is 0 Å². The van der Waals surface area contributed by atoms with Crippen molar-refractivity contribution >= 4 is 66.4 Å². The number of nitrogens with zero attached hydrogens (tertiary/aromatic N) is 1. The zero-order chi connectivity index (χ0) is 21.1. The van der Waals surface area contributed by atoms with Crippen molar-refractivity contribution in [3.8, 4) is 10.6 Å². The molecule has 0 amide bonds. The molecule has 0 aliphatic rings. The number of aromatic nitrogens is 1. The molecule has 0 fully saturated rings. The van der Waals surface area contributed by atoms with E-state index in [-0.39, 0.29) is 5.12 Å². The third kappa shape index (κ3) is 4.95. The van der Waals surface area contributed by atoms with Gasteiger partial charge in [-0.15, -0.1) is 0 Å². The van der Waals surface area contributed by atoms with Crippen molar-refractivity contribution in [2.75, 3.05) is 5.32 Å². The molecule has 150 valence electrons. The third-order valence-corrected chi connectivity index (χ3v) is 7.17. The van der Waals surface area contributed by atoms with Crippen molar-refractivity contribution in [3.63, 3.8) is 0 Å². The fraction of sp³-hybridized carbons (Fsp3) is 0.0435. The Bertz CT molecular complexity index is 1190. The van der Waals surface area contributed by atoms with Crippen molar-refractivity contribution in [1.82, 2.24) is 4.98 Å². The first-order valence-corrected chi connectivity index (χ1v) is 11.9. The predicted molar refractivity (Wildman–Crippen MR) is 131 cm³/mol. The van der Waals surface area contributed by atoms with Gasteiger partial charge in [-0.05, 0) is 60.6 Å². The summed E-state index contributed by atoms with van der Waals surface area (Å²) in [6.45, 7) is 1.94. The second-order valence-corrected chi connectivity index (χ2v) is 9.81. The number of nitrogens with one attached hydrogen (secondary N) is 1. The van der Waals surface area contributed by atoms with Crippen LogP contribution >= 0.6 is 50.6 Å². The number of thioether (sulfide) groups is 1. The molecule has 0 spiro atoms. The summed E-state index contributed by atoms with van der Waals surface area (Å²) in [6, 6.07) is 23.0. The van der Waals surface area contributed by atoms with E-state index in [2.05, 4.69) is 21.2 Å². The molecule has 7 heteroatoms. The van der Waals surface area contributed by atoms with Crippen LogP contribution in [0.3, 0.4) is 0 Å². The van der Waals surface area contributed by atoms with Crippen molar-refractivity contribution in [3.05, 3.63) is 93.4 Å². The van der Waals surface area contributed by atoms with Crippen LogP contribution in [0.25, 0.3) is 10.6 Å². The Labute approximate surface area is 196 Å². The zero-order valence-corrected chi connectivity index (χ0v) is 19.8. The van der Waals surface area contributed by atoms with Gasteiger partial charge in [0, 0.05) is 26.3 Å². The number of carbonyl (C=O) groups excluding carboxylic acids is 1. The van der Waals surface area contributed by atoms with E-state index in [1.165, 1.54) is 11.3 Å². The SMILES string of the molecule is Cc1ccccc1C(=O)Sc1nc(-c2ccc(Cl)cc2)sc1Nc1ccc(Br)cc1. The topological polar surface area (TPSA) is 42.0 Å². The Balaban J connectivity index is 1.69. The van der Waals surface area contributed by atoms with Crippen LogP contribution in [-0.2, 0) is 0 Å². The van der Waals surface area contributed by atoms with Crippen molar-refractivity contribution < 1.29 is 4.79 Å².